The van der Waals surface area contributed by atoms with Crippen molar-refractivity contribution in [2.24, 2.45) is 5.73 Å². The summed E-state index contributed by atoms with van der Waals surface area (Å²) in [7, 11) is 0. The van der Waals surface area contributed by atoms with Gasteiger partial charge in [0.05, 0.1) is 0 Å². The zero-order chi connectivity index (χ0) is 11.6. The fraction of sp³-hybridized carbons (Fsp3) is 0.455. The molecule has 3 N–H and O–H groups in total. The summed E-state index contributed by atoms with van der Waals surface area (Å²) in [5, 5.41) is 8.80. The summed E-state index contributed by atoms with van der Waals surface area (Å²) in [6.45, 7) is 3.62. The third kappa shape index (κ3) is 2.56. The Labute approximate surface area is 97.4 Å². The maximum absolute atomic E-state index is 13.5. The summed E-state index contributed by atoms with van der Waals surface area (Å²) in [5.41, 5.74) is 8.13. The molecular formula is C11H15BrFNO. The van der Waals surface area contributed by atoms with Crippen LogP contribution in [0.1, 0.15) is 29.2 Å². The van der Waals surface area contributed by atoms with Crippen LogP contribution in [0.5, 0.6) is 0 Å². The molecule has 0 aliphatic rings. The van der Waals surface area contributed by atoms with Crippen LogP contribution in [0.25, 0.3) is 0 Å². The van der Waals surface area contributed by atoms with Gasteiger partial charge in [-0.3, -0.25) is 0 Å². The Hall–Kier alpha value is -0.450. The smallest absolute Gasteiger partial charge is 0.127 e. The zero-order valence-electron chi connectivity index (χ0n) is 8.85. The van der Waals surface area contributed by atoms with Crippen molar-refractivity contribution in [2.45, 2.75) is 26.3 Å². The predicted octanol–water partition coefficient (Wildman–Crippen LogP) is 2.59. The number of aliphatic hydroxyl groups excluding tert-OH is 1. The Morgan fingerprint density at radius 2 is 2.07 bits per heavy atom. The first-order valence-electron chi connectivity index (χ1n) is 4.80. The minimum atomic E-state index is -0.318. The van der Waals surface area contributed by atoms with Crippen LogP contribution in [-0.4, -0.2) is 11.7 Å². The van der Waals surface area contributed by atoms with Gasteiger partial charge in [-0.05, 0) is 43.0 Å². The standard InChI is InChI=1S/C11H15BrFNO/c1-6-8(10(14)3-4-15)5-9(13)7(2)11(6)12/h5,10,15H,3-4,14H2,1-2H3. The first-order chi connectivity index (χ1) is 6.99. The molecule has 0 amide bonds. The molecule has 0 fully saturated rings. The lowest BCUT2D eigenvalue weighted by Gasteiger charge is -2.16. The fourth-order valence-corrected chi connectivity index (χ4v) is 1.96. The number of hydrogen-bond acceptors (Lipinski definition) is 2. The van der Waals surface area contributed by atoms with E-state index in [1.807, 2.05) is 6.92 Å². The summed E-state index contributed by atoms with van der Waals surface area (Å²) in [4.78, 5) is 0. The maximum atomic E-state index is 13.5. The zero-order valence-corrected chi connectivity index (χ0v) is 10.4. The molecule has 0 heterocycles. The molecule has 0 aliphatic heterocycles. The maximum Gasteiger partial charge on any atom is 0.127 e. The summed E-state index contributed by atoms with van der Waals surface area (Å²) >= 11 is 3.34. The molecule has 1 rings (SSSR count). The Bertz CT molecular complexity index is 368. The van der Waals surface area contributed by atoms with Gasteiger partial charge in [-0.2, -0.15) is 0 Å². The van der Waals surface area contributed by atoms with Gasteiger partial charge in [0.1, 0.15) is 5.82 Å². The van der Waals surface area contributed by atoms with Gasteiger partial charge in [0.15, 0.2) is 0 Å². The molecule has 0 aliphatic carbocycles. The van der Waals surface area contributed by atoms with Gasteiger partial charge in [-0.15, -0.1) is 0 Å². The minimum Gasteiger partial charge on any atom is -0.396 e. The largest absolute Gasteiger partial charge is 0.396 e. The average Bonchev–Trinajstić information content (AvgIpc) is 2.20. The molecule has 0 radical (unpaired) electrons. The molecule has 4 heteroatoms. The number of hydrogen-bond donors (Lipinski definition) is 2. The SMILES string of the molecule is Cc1c(F)cc(C(N)CCO)c(C)c1Br. The van der Waals surface area contributed by atoms with Crippen LogP contribution in [0.4, 0.5) is 4.39 Å². The topological polar surface area (TPSA) is 46.2 Å². The highest BCUT2D eigenvalue weighted by Crippen LogP contribution is 2.30. The third-order valence-electron chi connectivity index (χ3n) is 2.57. The van der Waals surface area contributed by atoms with Crippen molar-refractivity contribution < 1.29 is 9.50 Å². The number of nitrogens with two attached hydrogens (primary N) is 1. The molecule has 1 unspecified atom stereocenters. The molecule has 0 aromatic heterocycles. The van der Waals surface area contributed by atoms with Crippen LogP contribution >= 0.6 is 15.9 Å². The van der Waals surface area contributed by atoms with Crippen molar-refractivity contribution in [3.8, 4) is 0 Å². The van der Waals surface area contributed by atoms with E-state index in [9.17, 15) is 4.39 Å². The van der Waals surface area contributed by atoms with Gasteiger partial charge in [0, 0.05) is 17.1 Å². The molecular weight excluding hydrogens is 261 g/mol. The van der Waals surface area contributed by atoms with Gasteiger partial charge in [-0.1, -0.05) is 15.9 Å². The van der Waals surface area contributed by atoms with E-state index in [0.29, 0.717) is 12.0 Å². The lowest BCUT2D eigenvalue weighted by Crippen LogP contribution is -2.14. The van der Waals surface area contributed by atoms with E-state index >= 15 is 0 Å². The molecule has 0 saturated carbocycles. The van der Waals surface area contributed by atoms with E-state index in [1.165, 1.54) is 6.07 Å². The third-order valence-corrected chi connectivity index (χ3v) is 3.76. The second-order valence-corrected chi connectivity index (χ2v) is 4.42. The monoisotopic (exact) mass is 275 g/mol. The molecule has 84 valence electrons. The Kier molecular flexibility index (Phi) is 4.25. The van der Waals surface area contributed by atoms with Crippen molar-refractivity contribution in [1.29, 1.82) is 0 Å². The first-order valence-corrected chi connectivity index (χ1v) is 5.59. The van der Waals surface area contributed by atoms with Crippen LogP contribution in [0.2, 0.25) is 0 Å². The normalized spacial score (nSPS) is 12.9. The molecule has 2 nitrogen and oxygen atoms in total. The lowest BCUT2D eigenvalue weighted by molar-refractivity contribution is 0.276. The van der Waals surface area contributed by atoms with Gasteiger partial charge >= 0.3 is 0 Å². The van der Waals surface area contributed by atoms with E-state index in [-0.39, 0.29) is 18.5 Å². The van der Waals surface area contributed by atoms with E-state index < -0.39 is 0 Å². The van der Waals surface area contributed by atoms with Crippen molar-refractivity contribution in [3.63, 3.8) is 0 Å². The van der Waals surface area contributed by atoms with Gasteiger partial charge < -0.3 is 10.8 Å². The van der Waals surface area contributed by atoms with E-state index in [2.05, 4.69) is 15.9 Å². The van der Waals surface area contributed by atoms with Crippen LogP contribution in [0, 0.1) is 19.7 Å². The minimum absolute atomic E-state index is 0.00766. The van der Waals surface area contributed by atoms with Crippen molar-refractivity contribution in [3.05, 3.63) is 33.0 Å². The Morgan fingerprint density at radius 1 is 1.47 bits per heavy atom. The number of rotatable bonds is 3. The first kappa shape index (κ1) is 12.6. The second kappa shape index (κ2) is 5.05. The molecule has 0 bridgehead atoms. The average molecular weight is 276 g/mol. The lowest BCUT2D eigenvalue weighted by atomic mass is 9.97. The fourth-order valence-electron chi connectivity index (χ4n) is 1.55. The predicted molar refractivity (Wildman–Crippen MR) is 62.2 cm³/mol. The number of aliphatic hydroxyl groups is 1. The molecule has 15 heavy (non-hydrogen) atoms. The molecule has 0 spiro atoms. The summed E-state index contributed by atoms with van der Waals surface area (Å²) in [5.74, 6) is -0.268. The highest BCUT2D eigenvalue weighted by atomic mass is 79.9. The van der Waals surface area contributed by atoms with E-state index in [4.69, 9.17) is 10.8 Å². The van der Waals surface area contributed by atoms with E-state index in [1.54, 1.807) is 6.92 Å². The Balaban J connectivity index is 3.19. The summed E-state index contributed by atoms with van der Waals surface area (Å²) < 4.78 is 14.2. The summed E-state index contributed by atoms with van der Waals surface area (Å²) in [6.07, 6.45) is 0.440. The van der Waals surface area contributed by atoms with Crippen LogP contribution in [-0.2, 0) is 0 Å². The van der Waals surface area contributed by atoms with E-state index in [0.717, 1.165) is 15.6 Å². The molecule has 1 atom stereocenters. The van der Waals surface area contributed by atoms with Crippen LogP contribution in [0.3, 0.4) is 0 Å². The number of halogens is 2. The highest BCUT2D eigenvalue weighted by Gasteiger charge is 2.15. The molecule has 1 aromatic carbocycles. The quantitative estimate of drug-likeness (QED) is 0.891. The highest BCUT2D eigenvalue weighted by molar-refractivity contribution is 9.10. The number of benzene rings is 1. The molecule has 1 aromatic rings. The van der Waals surface area contributed by atoms with Crippen LogP contribution in [0.15, 0.2) is 10.5 Å². The second-order valence-electron chi connectivity index (χ2n) is 3.63. The van der Waals surface area contributed by atoms with Crippen LogP contribution < -0.4 is 5.73 Å². The van der Waals surface area contributed by atoms with Crippen molar-refractivity contribution in [2.75, 3.05) is 6.61 Å². The van der Waals surface area contributed by atoms with Gasteiger partial charge in [-0.25, -0.2) is 4.39 Å². The Morgan fingerprint density at radius 3 is 2.60 bits per heavy atom. The van der Waals surface area contributed by atoms with Gasteiger partial charge in [0.25, 0.3) is 0 Å². The summed E-state index contributed by atoms with van der Waals surface area (Å²) in [6, 6.07) is 1.14. The molecule has 0 saturated heterocycles. The van der Waals surface area contributed by atoms with Crippen molar-refractivity contribution in [1.82, 2.24) is 0 Å². The van der Waals surface area contributed by atoms with Crippen molar-refractivity contribution >= 4 is 15.9 Å². The van der Waals surface area contributed by atoms with Gasteiger partial charge in [0.2, 0.25) is 0 Å².